The highest BCUT2D eigenvalue weighted by atomic mass is 19.2. The Labute approximate surface area is 208 Å². The fourth-order valence-corrected chi connectivity index (χ4v) is 5.41. The number of nitriles is 1. The fraction of sp³-hybridized carbons (Fsp3) is 0.423. The van der Waals surface area contributed by atoms with Gasteiger partial charge in [-0.3, -0.25) is 4.90 Å². The lowest BCUT2D eigenvalue weighted by atomic mass is 10.0. The van der Waals surface area contributed by atoms with Gasteiger partial charge in [0.25, 0.3) is 0 Å². The van der Waals surface area contributed by atoms with E-state index in [1.807, 2.05) is 24.3 Å². The molecule has 188 valence electrons. The zero-order valence-corrected chi connectivity index (χ0v) is 19.7. The number of carbonyl (C=O) groups is 2. The van der Waals surface area contributed by atoms with Crippen molar-refractivity contribution in [1.29, 1.82) is 5.26 Å². The summed E-state index contributed by atoms with van der Waals surface area (Å²) in [4.78, 5) is 30.8. The summed E-state index contributed by atoms with van der Waals surface area (Å²) >= 11 is 0. The van der Waals surface area contributed by atoms with Gasteiger partial charge in [0.15, 0.2) is 11.6 Å². The first-order chi connectivity index (χ1) is 17.4. The number of hydrogen-bond donors (Lipinski definition) is 1. The van der Waals surface area contributed by atoms with E-state index < -0.39 is 29.8 Å². The number of carbonyl (C=O) groups excluding carboxylic acids is 2. The number of nitrogens with one attached hydrogen (secondary N) is 1. The Morgan fingerprint density at radius 1 is 1.06 bits per heavy atom. The molecule has 2 aromatic rings. The number of halogens is 2. The molecule has 5 rings (SSSR count). The molecule has 10 heteroatoms. The molecule has 2 aromatic carbocycles. The van der Waals surface area contributed by atoms with Crippen LogP contribution < -0.4 is 10.2 Å². The van der Waals surface area contributed by atoms with Gasteiger partial charge >= 0.3 is 12.1 Å². The van der Waals surface area contributed by atoms with Gasteiger partial charge in [-0.15, -0.1) is 0 Å². The van der Waals surface area contributed by atoms with Gasteiger partial charge in [-0.1, -0.05) is 18.2 Å². The van der Waals surface area contributed by atoms with Gasteiger partial charge in [0, 0.05) is 38.3 Å². The Morgan fingerprint density at radius 3 is 2.58 bits per heavy atom. The molecule has 8 nitrogen and oxygen atoms in total. The monoisotopic (exact) mass is 495 g/mol. The van der Waals surface area contributed by atoms with Gasteiger partial charge in [0.1, 0.15) is 18.7 Å². The maximum atomic E-state index is 13.7. The summed E-state index contributed by atoms with van der Waals surface area (Å²) in [6, 6.07) is 12.1. The minimum Gasteiger partial charge on any atom is -0.446 e. The largest absolute Gasteiger partial charge is 0.446 e. The number of nitrogens with zero attached hydrogens (tertiary/aromatic N) is 4. The third-order valence-corrected chi connectivity index (χ3v) is 7.31. The first kappa shape index (κ1) is 24.0. The number of imide groups is 1. The second-order valence-corrected chi connectivity index (χ2v) is 9.41. The molecule has 0 spiro atoms. The SMILES string of the molecule is N#Cc1ccccc1N1CCC(N2CCC(NC(=O)N3C(=O)OC[C@@H]3c3ccc(F)c(F)c3)C2)CC1. The van der Waals surface area contributed by atoms with Gasteiger partial charge in [-0.2, -0.15) is 5.26 Å². The minimum absolute atomic E-state index is 0.110. The van der Waals surface area contributed by atoms with E-state index >= 15 is 0 Å². The highest BCUT2D eigenvalue weighted by Gasteiger charge is 2.41. The van der Waals surface area contributed by atoms with Crippen LogP contribution in [0.15, 0.2) is 42.5 Å². The number of hydrogen-bond acceptors (Lipinski definition) is 6. The van der Waals surface area contributed by atoms with Crippen LogP contribution in [0, 0.1) is 23.0 Å². The van der Waals surface area contributed by atoms with Crippen molar-refractivity contribution in [3.05, 3.63) is 65.2 Å². The number of ether oxygens (including phenoxy) is 1. The van der Waals surface area contributed by atoms with Crippen LogP contribution in [0.5, 0.6) is 0 Å². The molecule has 0 aromatic heterocycles. The number of likely N-dealkylation sites (tertiary alicyclic amines) is 1. The van der Waals surface area contributed by atoms with E-state index in [2.05, 4.69) is 21.2 Å². The van der Waals surface area contributed by atoms with Crippen LogP contribution in [0.2, 0.25) is 0 Å². The molecular formula is C26H27F2N5O3. The third kappa shape index (κ3) is 4.71. The molecule has 3 heterocycles. The number of amides is 3. The highest BCUT2D eigenvalue weighted by molar-refractivity contribution is 5.92. The Hall–Kier alpha value is -3.71. The standard InChI is InChI=1S/C26H27F2N5O3/c27-21-6-5-17(13-22(21)28)24-16-36-26(35)33(24)25(34)30-19-7-10-32(15-19)20-8-11-31(12-9-20)23-4-2-1-3-18(23)14-29/h1-6,13,19-20,24H,7-12,15-16H2,(H,30,34)/t19?,24-/m1/s1. The number of anilines is 1. The predicted octanol–water partition coefficient (Wildman–Crippen LogP) is 3.78. The van der Waals surface area contributed by atoms with Crippen LogP contribution in [0.1, 0.15) is 36.4 Å². The number of benzene rings is 2. The lowest BCUT2D eigenvalue weighted by Gasteiger charge is -2.38. The van der Waals surface area contributed by atoms with Gasteiger partial charge in [0.2, 0.25) is 0 Å². The summed E-state index contributed by atoms with van der Waals surface area (Å²) in [6.07, 6.45) is 1.86. The Morgan fingerprint density at radius 2 is 1.83 bits per heavy atom. The third-order valence-electron chi connectivity index (χ3n) is 7.31. The van der Waals surface area contributed by atoms with E-state index in [4.69, 9.17) is 4.74 Å². The van der Waals surface area contributed by atoms with Crippen molar-refractivity contribution in [3.8, 4) is 6.07 Å². The maximum Gasteiger partial charge on any atom is 0.418 e. The van der Waals surface area contributed by atoms with E-state index in [-0.39, 0.29) is 12.6 Å². The van der Waals surface area contributed by atoms with Crippen LogP contribution in [-0.2, 0) is 4.74 Å². The summed E-state index contributed by atoms with van der Waals surface area (Å²) in [5.41, 5.74) is 1.95. The van der Waals surface area contributed by atoms with E-state index in [1.54, 1.807) is 0 Å². The second-order valence-electron chi connectivity index (χ2n) is 9.41. The van der Waals surface area contributed by atoms with Gasteiger partial charge in [-0.25, -0.2) is 23.3 Å². The average Bonchev–Trinajstić information content (AvgIpc) is 3.52. The zero-order chi connectivity index (χ0) is 25.2. The molecule has 3 fully saturated rings. The highest BCUT2D eigenvalue weighted by Crippen LogP contribution is 2.30. The zero-order valence-electron chi connectivity index (χ0n) is 19.7. The van der Waals surface area contributed by atoms with Crippen molar-refractivity contribution >= 4 is 17.8 Å². The van der Waals surface area contributed by atoms with Crippen LogP contribution in [0.25, 0.3) is 0 Å². The normalized spacial score (nSPS) is 23.0. The summed E-state index contributed by atoms with van der Waals surface area (Å²) in [7, 11) is 0. The van der Waals surface area contributed by atoms with E-state index in [1.165, 1.54) is 6.07 Å². The molecule has 0 radical (unpaired) electrons. The summed E-state index contributed by atoms with van der Waals surface area (Å²) in [5.74, 6) is -2.04. The molecule has 0 bridgehead atoms. The molecule has 1 N–H and O–H groups in total. The lowest BCUT2D eigenvalue weighted by Crippen LogP contribution is -2.48. The Balaban J connectivity index is 1.16. The fourth-order valence-electron chi connectivity index (χ4n) is 5.41. The van der Waals surface area contributed by atoms with Crippen molar-refractivity contribution in [3.63, 3.8) is 0 Å². The number of cyclic esters (lactones) is 1. The molecule has 2 atom stereocenters. The first-order valence-corrected chi connectivity index (χ1v) is 12.1. The van der Waals surface area contributed by atoms with Crippen LogP contribution in [0.4, 0.5) is 24.1 Å². The van der Waals surface area contributed by atoms with Crippen LogP contribution in [-0.4, -0.2) is 66.8 Å². The minimum atomic E-state index is -1.04. The quantitative estimate of drug-likeness (QED) is 0.695. The Bertz CT molecular complexity index is 1190. The van der Waals surface area contributed by atoms with Crippen molar-refractivity contribution in [2.24, 2.45) is 0 Å². The van der Waals surface area contributed by atoms with Crippen LogP contribution in [0.3, 0.4) is 0 Å². The summed E-state index contributed by atoms with van der Waals surface area (Å²) < 4.78 is 32.1. The van der Waals surface area contributed by atoms with Crippen molar-refractivity contribution in [2.45, 2.75) is 37.4 Å². The van der Waals surface area contributed by atoms with E-state index in [0.717, 1.165) is 61.6 Å². The average molecular weight is 496 g/mol. The van der Waals surface area contributed by atoms with E-state index in [0.29, 0.717) is 23.7 Å². The summed E-state index contributed by atoms with van der Waals surface area (Å²) in [5, 5.41) is 12.3. The lowest BCUT2D eigenvalue weighted by molar-refractivity contribution is 0.156. The topological polar surface area (TPSA) is 88.9 Å². The number of rotatable bonds is 4. The number of piperidine rings is 1. The van der Waals surface area contributed by atoms with Crippen molar-refractivity contribution in [1.82, 2.24) is 15.1 Å². The summed E-state index contributed by atoms with van der Waals surface area (Å²) in [6.45, 7) is 3.10. The molecule has 3 aliphatic rings. The molecular weight excluding hydrogens is 468 g/mol. The molecule has 1 unspecified atom stereocenters. The maximum absolute atomic E-state index is 13.7. The second kappa shape index (κ2) is 10.1. The van der Waals surface area contributed by atoms with E-state index in [9.17, 15) is 23.6 Å². The van der Waals surface area contributed by atoms with Crippen molar-refractivity contribution < 1.29 is 23.1 Å². The molecule has 36 heavy (non-hydrogen) atoms. The molecule has 3 saturated heterocycles. The predicted molar refractivity (Wildman–Crippen MR) is 127 cm³/mol. The van der Waals surface area contributed by atoms with Crippen molar-refractivity contribution in [2.75, 3.05) is 37.7 Å². The smallest absolute Gasteiger partial charge is 0.418 e. The number of urea groups is 1. The molecule has 3 amide bonds. The first-order valence-electron chi connectivity index (χ1n) is 12.1. The molecule has 0 aliphatic carbocycles. The Kier molecular flexibility index (Phi) is 6.74. The molecule has 3 aliphatic heterocycles. The van der Waals surface area contributed by atoms with Gasteiger partial charge < -0.3 is 15.0 Å². The van der Waals surface area contributed by atoms with Gasteiger partial charge in [-0.05, 0) is 49.1 Å². The van der Waals surface area contributed by atoms with Crippen LogP contribution >= 0.6 is 0 Å². The van der Waals surface area contributed by atoms with Gasteiger partial charge in [0.05, 0.1) is 11.3 Å². The number of para-hydroxylation sites is 1. The molecule has 0 saturated carbocycles.